The first-order chi connectivity index (χ1) is 12.3. The molecule has 0 radical (unpaired) electrons. The molecule has 0 saturated carbocycles. The zero-order valence-electron chi connectivity index (χ0n) is 18.8. The molecule has 0 aliphatic heterocycles. The largest absolute Gasteiger partial charge is 0.382 e. The molecule has 0 unspecified atom stereocenters. The smallest absolute Gasteiger partial charge is 0.0654 e. The highest BCUT2D eigenvalue weighted by molar-refractivity contribution is 5.03. The van der Waals surface area contributed by atoms with Gasteiger partial charge in [-0.2, -0.15) is 0 Å². The molecule has 0 heterocycles. The second-order valence-corrected chi connectivity index (χ2v) is 7.06. The Morgan fingerprint density at radius 2 is 0.962 bits per heavy atom. The molecule has 0 aliphatic rings. The molecule has 26 heavy (non-hydrogen) atoms. The highest BCUT2D eigenvalue weighted by Crippen LogP contribution is 2.08. The molecule has 0 amide bonds. The van der Waals surface area contributed by atoms with Crippen LogP contribution in [0.3, 0.4) is 0 Å². The van der Waals surface area contributed by atoms with E-state index in [0.717, 1.165) is 52.1 Å². The molecule has 0 fully saturated rings. The van der Waals surface area contributed by atoms with E-state index in [1.54, 1.807) is 0 Å². The Morgan fingerprint density at radius 3 is 1.23 bits per heavy atom. The third-order valence-corrected chi connectivity index (χ3v) is 3.69. The molecule has 0 aromatic heterocycles. The minimum Gasteiger partial charge on any atom is -0.382 e. The Morgan fingerprint density at radius 1 is 0.577 bits per heavy atom. The van der Waals surface area contributed by atoms with Gasteiger partial charge >= 0.3 is 0 Å². The van der Waals surface area contributed by atoms with Crippen molar-refractivity contribution >= 4 is 0 Å². The van der Waals surface area contributed by atoms with Crippen molar-refractivity contribution in [3.63, 3.8) is 0 Å². The minimum absolute atomic E-state index is 0.721. The summed E-state index contributed by atoms with van der Waals surface area (Å²) in [5.41, 5.74) is 5.62. The van der Waals surface area contributed by atoms with Gasteiger partial charge in [0.25, 0.3) is 0 Å². The van der Waals surface area contributed by atoms with Gasteiger partial charge in [-0.25, -0.2) is 0 Å². The van der Waals surface area contributed by atoms with Gasteiger partial charge in [0.1, 0.15) is 0 Å². The van der Waals surface area contributed by atoms with Gasteiger partial charge in [0.2, 0.25) is 0 Å². The molecule has 0 saturated heterocycles. The lowest BCUT2D eigenvalue weighted by Gasteiger charge is -2.02. The fourth-order valence-electron chi connectivity index (χ4n) is 2.06. The normalized spacial score (nSPS) is 11.5. The highest BCUT2D eigenvalue weighted by atomic mass is 16.5. The molecular weight excluding hydrogens is 320 g/mol. The van der Waals surface area contributed by atoms with E-state index in [9.17, 15) is 0 Å². The molecule has 2 nitrogen and oxygen atoms in total. The molecule has 0 spiro atoms. The van der Waals surface area contributed by atoms with Gasteiger partial charge in [0.05, 0.1) is 13.2 Å². The molecule has 0 aliphatic carbocycles. The predicted molar refractivity (Wildman–Crippen MR) is 118 cm³/mol. The quantitative estimate of drug-likeness (QED) is 0.265. The van der Waals surface area contributed by atoms with Crippen molar-refractivity contribution in [1.29, 1.82) is 0 Å². The minimum atomic E-state index is 0.721. The molecule has 2 heteroatoms. The summed E-state index contributed by atoms with van der Waals surface area (Å²) in [6.45, 7) is 20.1. The van der Waals surface area contributed by atoms with Crippen molar-refractivity contribution in [3.05, 3.63) is 46.6 Å². The summed E-state index contributed by atoms with van der Waals surface area (Å²) in [7, 11) is 0. The van der Waals surface area contributed by atoms with Crippen LogP contribution >= 0.6 is 0 Å². The van der Waals surface area contributed by atoms with Crippen LogP contribution in [0.2, 0.25) is 0 Å². The van der Waals surface area contributed by atoms with E-state index in [2.05, 4.69) is 65.8 Å². The van der Waals surface area contributed by atoms with Gasteiger partial charge in [-0.1, -0.05) is 46.6 Å². The maximum Gasteiger partial charge on any atom is 0.0654 e. The Bertz CT molecular complexity index is 391. The molecule has 0 aromatic carbocycles. The summed E-state index contributed by atoms with van der Waals surface area (Å²) >= 11 is 0. The van der Waals surface area contributed by atoms with Crippen LogP contribution in [0.1, 0.15) is 81.1 Å². The van der Waals surface area contributed by atoms with Crippen LogP contribution in [-0.4, -0.2) is 26.4 Å². The number of hydrogen-bond acceptors (Lipinski definition) is 2. The van der Waals surface area contributed by atoms with Gasteiger partial charge in [-0.3, -0.25) is 0 Å². The van der Waals surface area contributed by atoms with Crippen LogP contribution in [0.15, 0.2) is 46.6 Å². The second-order valence-electron chi connectivity index (χ2n) is 7.06. The first-order valence-corrected chi connectivity index (χ1v) is 10.1. The Balaban J connectivity index is 0. The number of allylic oxidation sites excluding steroid dienone is 6. The van der Waals surface area contributed by atoms with Gasteiger partial charge in [-0.05, 0) is 81.1 Å². The molecule has 152 valence electrons. The standard InChI is InChI=1S/C20H34O.C4H10O/c1-17(2)9-7-11-19(5)13-15-21-16-14-20(6)12-8-10-18(3)4;1-3-5-4-2/h9-10,13-14H,7-8,11-12,15-16H2,1-6H3;3-4H2,1-2H3/b19-13+,20-14+;. The van der Waals surface area contributed by atoms with Crippen LogP contribution in [0.4, 0.5) is 0 Å². The third kappa shape index (κ3) is 25.1. The molecule has 0 aromatic rings. The summed E-state index contributed by atoms with van der Waals surface area (Å²) in [5.74, 6) is 0. The Labute approximate surface area is 164 Å². The fraction of sp³-hybridized carbons (Fsp3) is 0.667. The van der Waals surface area contributed by atoms with Gasteiger partial charge in [-0.15, -0.1) is 0 Å². The topological polar surface area (TPSA) is 18.5 Å². The van der Waals surface area contributed by atoms with Crippen molar-refractivity contribution in [2.24, 2.45) is 0 Å². The lowest BCUT2D eigenvalue weighted by molar-refractivity contribution is 0.162. The zero-order chi connectivity index (χ0) is 20.2. The van der Waals surface area contributed by atoms with Crippen molar-refractivity contribution in [2.45, 2.75) is 81.1 Å². The van der Waals surface area contributed by atoms with Crippen molar-refractivity contribution < 1.29 is 9.47 Å². The van der Waals surface area contributed by atoms with Crippen LogP contribution in [-0.2, 0) is 9.47 Å². The maximum absolute atomic E-state index is 5.65. The highest BCUT2D eigenvalue weighted by Gasteiger charge is 1.91. The van der Waals surface area contributed by atoms with E-state index in [0.29, 0.717) is 0 Å². The zero-order valence-corrected chi connectivity index (χ0v) is 18.8. The van der Waals surface area contributed by atoms with Gasteiger partial charge in [0.15, 0.2) is 0 Å². The summed E-state index contributed by atoms with van der Waals surface area (Å²) in [6.07, 6.45) is 13.5. The predicted octanol–water partition coefficient (Wildman–Crippen LogP) is 7.43. The third-order valence-electron chi connectivity index (χ3n) is 3.69. The summed E-state index contributed by atoms with van der Waals surface area (Å²) in [5, 5.41) is 0. The van der Waals surface area contributed by atoms with Gasteiger partial charge < -0.3 is 9.47 Å². The molecular formula is C24H44O2. The Hall–Kier alpha value is -1.12. The van der Waals surface area contributed by atoms with Crippen molar-refractivity contribution in [1.82, 2.24) is 0 Å². The number of hydrogen-bond donors (Lipinski definition) is 0. The van der Waals surface area contributed by atoms with E-state index >= 15 is 0 Å². The average molecular weight is 365 g/mol. The van der Waals surface area contributed by atoms with Crippen LogP contribution in [0, 0.1) is 0 Å². The first kappa shape index (κ1) is 27.1. The molecule has 0 bridgehead atoms. The SMILES string of the molecule is CC(C)=CCC/C(C)=C/COC/C=C(\C)CCC=C(C)C.CCOCC. The monoisotopic (exact) mass is 364 g/mol. The van der Waals surface area contributed by atoms with E-state index in [1.807, 2.05) is 13.8 Å². The second kappa shape index (κ2) is 20.2. The Kier molecular flexibility index (Phi) is 21.1. The van der Waals surface area contributed by atoms with Crippen LogP contribution < -0.4 is 0 Å². The molecule has 0 rings (SSSR count). The van der Waals surface area contributed by atoms with Crippen LogP contribution in [0.25, 0.3) is 0 Å². The van der Waals surface area contributed by atoms with E-state index in [4.69, 9.17) is 9.47 Å². The van der Waals surface area contributed by atoms with E-state index in [-0.39, 0.29) is 0 Å². The molecule has 0 atom stereocenters. The van der Waals surface area contributed by atoms with Crippen molar-refractivity contribution in [3.8, 4) is 0 Å². The average Bonchev–Trinajstić information content (AvgIpc) is 2.55. The lowest BCUT2D eigenvalue weighted by Crippen LogP contribution is -1.93. The summed E-state index contributed by atoms with van der Waals surface area (Å²) in [6, 6.07) is 0. The lowest BCUT2D eigenvalue weighted by atomic mass is 10.1. The molecule has 0 N–H and O–H groups in total. The van der Waals surface area contributed by atoms with Gasteiger partial charge in [0, 0.05) is 13.2 Å². The van der Waals surface area contributed by atoms with Crippen LogP contribution in [0.5, 0.6) is 0 Å². The summed E-state index contributed by atoms with van der Waals surface area (Å²) < 4.78 is 10.5. The summed E-state index contributed by atoms with van der Waals surface area (Å²) in [4.78, 5) is 0. The maximum atomic E-state index is 5.65. The first-order valence-electron chi connectivity index (χ1n) is 10.1. The number of rotatable bonds is 12. The number of ether oxygens (including phenoxy) is 2. The van der Waals surface area contributed by atoms with E-state index < -0.39 is 0 Å². The van der Waals surface area contributed by atoms with Crippen molar-refractivity contribution in [2.75, 3.05) is 26.4 Å². The van der Waals surface area contributed by atoms with E-state index in [1.165, 1.54) is 22.3 Å². The fourth-order valence-corrected chi connectivity index (χ4v) is 2.06.